The van der Waals surface area contributed by atoms with Crippen LogP contribution < -0.4 is 5.73 Å². The third kappa shape index (κ3) is 4.21. The maximum absolute atomic E-state index is 6.26. The summed E-state index contributed by atoms with van der Waals surface area (Å²) in [6.07, 6.45) is 1.86. The van der Waals surface area contributed by atoms with Gasteiger partial charge in [0.25, 0.3) is 0 Å². The maximum Gasteiger partial charge on any atom is 0.0120 e. The van der Waals surface area contributed by atoms with E-state index in [-0.39, 0.29) is 11.5 Å². The van der Waals surface area contributed by atoms with Gasteiger partial charge >= 0.3 is 0 Å². The molecule has 1 nitrogen and oxygen atoms in total. The van der Waals surface area contributed by atoms with Crippen LogP contribution in [0.1, 0.15) is 37.5 Å². The van der Waals surface area contributed by atoms with Crippen LogP contribution in [0.15, 0.2) is 54.6 Å². The topological polar surface area (TPSA) is 26.0 Å². The van der Waals surface area contributed by atoms with Gasteiger partial charge < -0.3 is 5.73 Å². The first-order chi connectivity index (χ1) is 9.45. The molecule has 1 heteroatoms. The van der Waals surface area contributed by atoms with E-state index in [0.29, 0.717) is 0 Å². The van der Waals surface area contributed by atoms with Crippen LogP contribution in [-0.4, -0.2) is 6.04 Å². The molecule has 0 aliphatic carbocycles. The molecule has 2 rings (SSSR count). The molecule has 0 aliphatic heterocycles. The van der Waals surface area contributed by atoms with E-state index >= 15 is 0 Å². The number of nitrogens with two attached hydrogens (primary N) is 1. The molecule has 0 bridgehead atoms. The standard InChI is InChI=1S/C19H25N/c1-19(2,3)17-11-9-16(10-12-17)14-18(20)13-15-7-5-4-6-8-15/h4-12,18H,13-14,20H2,1-3H3. The van der Waals surface area contributed by atoms with Crippen LogP contribution in [0.3, 0.4) is 0 Å². The fraction of sp³-hybridized carbons (Fsp3) is 0.368. The van der Waals surface area contributed by atoms with Gasteiger partial charge in [-0.2, -0.15) is 0 Å². The minimum atomic E-state index is 0.179. The van der Waals surface area contributed by atoms with Crippen LogP contribution in [-0.2, 0) is 18.3 Å². The summed E-state index contributed by atoms with van der Waals surface area (Å²) < 4.78 is 0. The van der Waals surface area contributed by atoms with Crippen LogP contribution >= 0.6 is 0 Å². The van der Waals surface area contributed by atoms with Gasteiger partial charge in [0.2, 0.25) is 0 Å². The first-order valence-corrected chi connectivity index (χ1v) is 7.34. The first-order valence-electron chi connectivity index (χ1n) is 7.34. The van der Waals surface area contributed by atoms with Crippen molar-refractivity contribution in [2.75, 3.05) is 0 Å². The number of hydrogen-bond donors (Lipinski definition) is 1. The van der Waals surface area contributed by atoms with Crippen molar-refractivity contribution in [3.63, 3.8) is 0 Å². The molecule has 2 N–H and O–H groups in total. The summed E-state index contributed by atoms with van der Waals surface area (Å²) in [5, 5.41) is 0. The number of benzene rings is 2. The van der Waals surface area contributed by atoms with E-state index < -0.39 is 0 Å². The predicted octanol–water partition coefficient (Wildman–Crippen LogP) is 4.10. The van der Waals surface area contributed by atoms with Crippen molar-refractivity contribution in [3.8, 4) is 0 Å². The highest BCUT2D eigenvalue weighted by Crippen LogP contribution is 2.22. The van der Waals surface area contributed by atoms with Crippen molar-refractivity contribution in [2.24, 2.45) is 5.73 Å². The van der Waals surface area contributed by atoms with E-state index in [9.17, 15) is 0 Å². The van der Waals surface area contributed by atoms with Gasteiger partial charge in [-0.25, -0.2) is 0 Å². The quantitative estimate of drug-likeness (QED) is 0.887. The first kappa shape index (κ1) is 14.8. The lowest BCUT2D eigenvalue weighted by Crippen LogP contribution is -2.25. The van der Waals surface area contributed by atoms with Gasteiger partial charge in [0.15, 0.2) is 0 Å². The molecule has 0 fully saturated rings. The van der Waals surface area contributed by atoms with Gasteiger partial charge in [-0.05, 0) is 34.9 Å². The molecule has 106 valence electrons. The Labute approximate surface area is 122 Å². The lowest BCUT2D eigenvalue weighted by atomic mass is 9.86. The van der Waals surface area contributed by atoms with Crippen molar-refractivity contribution < 1.29 is 0 Å². The van der Waals surface area contributed by atoms with E-state index in [2.05, 4.69) is 69.3 Å². The SMILES string of the molecule is CC(C)(C)c1ccc(CC(N)Cc2ccccc2)cc1. The molecule has 2 aromatic carbocycles. The van der Waals surface area contributed by atoms with E-state index in [1.807, 2.05) is 6.07 Å². The minimum absolute atomic E-state index is 0.179. The Kier molecular flexibility index (Phi) is 4.61. The third-order valence-corrected chi connectivity index (χ3v) is 3.66. The molecule has 0 amide bonds. The lowest BCUT2D eigenvalue weighted by molar-refractivity contribution is 0.589. The Morgan fingerprint density at radius 2 is 1.30 bits per heavy atom. The predicted molar refractivity (Wildman–Crippen MR) is 87.0 cm³/mol. The Morgan fingerprint density at radius 3 is 1.80 bits per heavy atom. The monoisotopic (exact) mass is 267 g/mol. The van der Waals surface area contributed by atoms with E-state index in [0.717, 1.165) is 12.8 Å². The average molecular weight is 267 g/mol. The van der Waals surface area contributed by atoms with Gasteiger partial charge in [-0.1, -0.05) is 75.4 Å². The average Bonchev–Trinajstić information content (AvgIpc) is 2.39. The molecule has 2 aromatic rings. The lowest BCUT2D eigenvalue weighted by Gasteiger charge is -2.19. The number of hydrogen-bond acceptors (Lipinski definition) is 1. The highest BCUT2D eigenvalue weighted by atomic mass is 14.6. The van der Waals surface area contributed by atoms with Crippen LogP contribution in [0.5, 0.6) is 0 Å². The molecule has 0 aliphatic rings. The van der Waals surface area contributed by atoms with Gasteiger partial charge in [0, 0.05) is 6.04 Å². The Morgan fingerprint density at radius 1 is 0.800 bits per heavy atom. The third-order valence-electron chi connectivity index (χ3n) is 3.66. The summed E-state index contributed by atoms with van der Waals surface area (Å²) in [7, 11) is 0. The zero-order valence-corrected chi connectivity index (χ0v) is 12.8. The van der Waals surface area contributed by atoms with E-state index in [4.69, 9.17) is 5.73 Å². The summed E-state index contributed by atoms with van der Waals surface area (Å²) in [6.45, 7) is 6.72. The minimum Gasteiger partial charge on any atom is -0.327 e. The molecule has 20 heavy (non-hydrogen) atoms. The zero-order valence-electron chi connectivity index (χ0n) is 12.8. The van der Waals surface area contributed by atoms with Gasteiger partial charge in [-0.3, -0.25) is 0 Å². The largest absolute Gasteiger partial charge is 0.327 e. The fourth-order valence-electron chi connectivity index (χ4n) is 2.43. The fourth-order valence-corrected chi connectivity index (χ4v) is 2.43. The summed E-state index contributed by atoms with van der Waals surface area (Å²) in [5.74, 6) is 0. The zero-order chi connectivity index (χ0) is 14.6. The molecule has 1 unspecified atom stereocenters. The molecule has 0 radical (unpaired) electrons. The second kappa shape index (κ2) is 6.23. The van der Waals surface area contributed by atoms with Gasteiger partial charge in [0.1, 0.15) is 0 Å². The Balaban J connectivity index is 1.96. The molecule has 0 saturated carbocycles. The van der Waals surface area contributed by atoms with E-state index in [1.165, 1.54) is 16.7 Å². The second-order valence-corrected chi connectivity index (χ2v) is 6.60. The van der Waals surface area contributed by atoms with Crippen molar-refractivity contribution in [3.05, 3.63) is 71.3 Å². The van der Waals surface area contributed by atoms with Crippen molar-refractivity contribution in [2.45, 2.75) is 45.1 Å². The molecular weight excluding hydrogens is 242 g/mol. The van der Waals surface area contributed by atoms with Crippen molar-refractivity contribution in [1.82, 2.24) is 0 Å². The molecular formula is C19H25N. The van der Waals surface area contributed by atoms with Crippen molar-refractivity contribution in [1.29, 1.82) is 0 Å². The van der Waals surface area contributed by atoms with Crippen LogP contribution in [0, 0.1) is 0 Å². The normalized spacial score (nSPS) is 13.2. The highest BCUT2D eigenvalue weighted by Gasteiger charge is 2.13. The maximum atomic E-state index is 6.26. The highest BCUT2D eigenvalue weighted by molar-refractivity contribution is 5.28. The molecule has 0 spiro atoms. The number of rotatable bonds is 4. The van der Waals surface area contributed by atoms with Crippen LogP contribution in [0.4, 0.5) is 0 Å². The molecule has 0 saturated heterocycles. The molecule has 0 heterocycles. The molecule has 0 aromatic heterocycles. The summed E-state index contributed by atoms with van der Waals surface area (Å²) in [4.78, 5) is 0. The second-order valence-electron chi connectivity index (χ2n) is 6.60. The summed E-state index contributed by atoms with van der Waals surface area (Å²) >= 11 is 0. The Hall–Kier alpha value is -1.60. The van der Waals surface area contributed by atoms with Crippen LogP contribution in [0.25, 0.3) is 0 Å². The van der Waals surface area contributed by atoms with Gasteiger partial charge in [0.05, 0.1) is 0 Å². The summed E-state index contributed by atoms with van der Waals surface area (Å²) in [5.41, 5.74) is 10.5. The van der Waals surface area contributed by atoms with Gasteiger partial charge in [-0.15, -0.1) is 0 Å². The molecule has 1 atom stereocenters. The van der Waals surface area contributed by atoms with Crippen LogP contribution in [0.2, 0.25) is 0 Å². The van der Waals surface area contributed by atoms with Crippen molar-refractivity contribution >= 4 is 0 Å². The van der Waals surface area contributed by atoms with E-state index in [1.54, 1.807) is 0 Å². The smallest absolute Gasteiger partial charge is 0.0120 e. The summed E-state index contributed by atoms with van der Waals surface area (Å²) in [6, 6.07) is 19.5. The Bertz CT molecular complexity index is 520.